The molecule has 216 valence electrons. The van der Waals surface area contributed by atoms with Crippen molar-refractivity contribution in [2.24, 2.45) is 0 Å². The first-order valence-corrected chi connectivity index (χ1v) is 9.39. The van der Waals surface area contributed by atoms with Gasteiger partial charge in [0.1, 0.15) is 30.5 Å². The Hall–Kier alpha value is -3.26. The first-order chi connectivity index (χ1) is 16.4. The molecular weight excluding hydrogens is 504 g/mol. The molecule has 0 bridgehead atoms. The highest BCUT2D eigenvalue weighted by atomic mass is 16.4. The number of rotatable bonds is 9. The van der Waals surface area contributed by atoms with E-state index in [1.807, 2.05) is 0 Å². The van der Waals surface area contributed by atoms with Gasteiger partial charge in [-0.1, -0.05) is 0 Å². The Balaban J connectivity index is -0.0000000817. The van der Waals surface area contributed by atoms with Gasteiger partial charge in [0.2, 0.25) is 0 Å². The fraction of sp³-hybridized carbons (Fsp3) is 0.667. The van der Waals surface area contributed by atoms with E-state index in [-0.39, 0.29) is 32.2 Å². The number of aliphatic hydroxyl groups is 7. The van der Waals surface area contributed by atoms with Gasteiger partial charge in [-0.3, -0.25) is 19.2 Å². The van der Waals surface area contributed by atoms with Crippen LogP contribution in [-0.2, 0) is 28.8 Å². The summed E-state index contributed by atoms with van der Waals surface area (Å²) < 4.78 is 0. The van der Waals surface area contributed by atoms with Crippen LogP contribution in [0.1, 0.15) is 33.6 Å². The van der Waals surface area contributed by atoms with Crippen molar-refractivity contribution in [1.82, 2.24) is 0 Å². The summed E-state index contributed by atoms with van der Waals surface area (Å²) >= 11 is 0. The largest absolute Gasteiger partial charge is 0.483 e. The van der Waals surface area contributed by atoms with Crippen molar-refractivity contribution in [3.05, 3.63) is 0 Å². The topological polar surface area (TPSA) is 345 Å². The zero-order valence-corrected chi connectivity index (χ0v) is 19.7. The van der Waals surface area contributed by atoms with E-state index in [1.54, 1.807) is 6.92 Å². The van der Waals surface area contributed by atoms with Crippen molar-refractivity contribution < 1.29 is 90.0 Å². The van der Waals surface area contributed by atoms with Gasteiger partial charge in [-0.25, -0.2) is 4.79 Å². The second-order valence-electron chi connectivity index (χ2n) is 5.60. The third kappa shape index (κ3) is 57.5. The van der Waals surface area contributed by atoms with E-state index >= 15 is 0 Å². The molecule has 5 atom stereocenters. The van der Waals surface area contributed by atoms with Gasteiger partial charge < -0.3 is 66.1 Å². The van der Waals surface area contributed by atoms with Gasteiger partial charge in [0.25, 0.3) is 12.4 Å². The van der Waals surface area contributed by atoms with Crippen molar-refractivity contribution >= 4 is 36.6 Å². The van der Waals surface area contributed by atoms with Crippen LogP contribution in [0.25, 0.3) is 0 Å². The molecule has 0 heterocycles. The third-order valence-electron chi connectivity index (χ3n) is 2.33. The zero-order valence-electron chi connectivity index (χ0n) is 19.7. The Morgan fingerprint density at radius 3 is 1.17 bits per heavy atom. The van der Waals surface area contributed by atoms with Crippen LogP contribution in [0.3, 0.4) is 0 Å². The minimum absolute atomic E-state index is 0.0258. The Bertz CT molecular complexity index is 546. The van der Waals surface area contributed by atoms with Gasteiger partial charge in [0.15, 0.2) is 6.29 Å². The Kier molecular flexibility index (Phi) is 43.5. The van der Waals surface area contributed by atoms with Crippen LogP contribution in [0.4, 0.5) is 0 Å². The van der Waals surface area contributed by atoms with Gasteiger partial charge in [0.05, 0.1) is 19.4 Å². The molecule has 18 nitrogen and oxygen atoms in total. The van der Waals surface area contributed by atoms with Gasteiger partial charge >= 0.3 is 17.9 Å². The molecule has 0 spiro atoms. The smallest absolute Gasteiger partial charge is 0.332 e. The van der Waals surface area contributed by atoms with Gasteiger partial charge in [0, 0.05) is 13.5 Å². The molecule has 0 aliphatic rings. The summed E-state index contributed by atoms with van der Waals surface area (Å²) in [7, 11) is 0. The van der Waals surface area contributed by atoms with Crippen LogP contribution < -0.4 is 0 Å². The minimum atomic E-state index is -1.79. The van der Waals surface area contributed by atoms with Gasteiger partial charge in [-0.2, -0.15) is 0 Å². The standard InChI is InChI=1S/C6H12O6.C4H6O4.C3H6O3.C2H4O2.C2H6O.CH2O2/c7-1-3(9)5(11)6(12)4(10)2-8;5-3(6)1-2-4(7)8;1-2(4)3(5)6;1-2(3)4;1-2-3;2-1-3/h1,3-6,8-12H,2H2;1-2H2,(H,5,6)(H,7,8);2,4H,1H3,(H,5,6);1H3,(H,3,4);3H,2H2,1H3;1H,(H,2,3)/t3-,4+,5+,6+;;;;;/m0...../s1. The highest BCUT2D eigenvalue weighted by Crippen LogP contribution is 2.02. The van der Waals surface area contributed by atoms with E-state index in [1.165, 1.54) is 6.92 Å². The number of aliphatic hydroxyl groups excluding tert-OH is 7. The highest BCUT2D eigenvalue weighted by molar-refractivity contribution is 5.75. The quantitative estimate of drug-likeness (QED) is 0.123. The summed E-state index contributed by atoms with van der Waals surface area (Å²) in [6.07, 6.45) is -8.66. The molecule has 0 amide bonds. The monoisotopic (exact) mass is 540 g/mol. The van der Waals surface area contributed by atoms with E-state index in [0.29, 0.717) is 0 Å². The molecule has 0 radical (unpaired) electrons. The maximum absolute atomic E-state index is 9.90. The normalized spacial score (nSPS) is 12.7. The maximum Gasteiger partial charge on any atom is 0.332 e. The Morgan fingerprint density at radius 2 is 1.03 bits per heavy atom. The maximum atomic E-state index is 9.90. The number of carboxylic acids is 4. The Morgan fingerprint density at radius 1 is 0.778 bits per heavy atom. The number of carboxylic acid groups (broad SMARTS) is 5. The van der Waals surface area contributed by atoms with Crippen LogP contribution in [0.5, 0.6) is 0 Å². The molecule has 12 N–H and O–H groups in total. The van der Waals surface area contributed by atoms with E-state index < -0.39 is 61.0 Å². The molecule has 0 saturated carbocycles. The average Bonchev–Trinajstić information content (AvgIpc) is 2.77. The number of hydrogen-bond donors (Lipinski definition) is 12. The van der Waals surface area contributed by atoms with E-state index in [4.69, 9.17) is 70.9 Å². The number of aldehydes is 1. The first-order valence-electron chi connectivity index (χ1n) is 9.39. The summed E-state index contributed by atoms with van der Waals surface area (Å²) in [4.78, 5) is 56.0. The molecule has 0 saturated heterocycles. The predicted molar refractivity (Wildman–Crippen MR) is 116 cm³/mol. The molecule has 0 aromatic carbocycles. The molecule has 0 aliphatic heterocycles. The minimum Gasteiger partial charge on any atom is -0.483 e. The van der Waals surface area contributed by atoms with E-state index in [2.05, 4.69) is 0 Å². The summed E-state index contributed by atoms with van der Waals surface area (Å²) in [6.45, 7) is 3.20. The summed E-state index contributed by atoms with van der Waals surface area (Å²) in [6, 6.07) is 0. The molecule has 0 rings (SSSR count). The lowest BCUT2D eigenvalue weighted by atomic mass is 10.0. The number of aliphatic carboxylic acids is 4. The lowest BCUT2D eigenvalue weighted by Gasteiger charge is -2.22. The molecule has 18 heteroatoms. The highest BCUT2D eigenvalue weighted by Gasteiger charge is 2.29. The van der Waals surface area contributed by atoms with E-state index in [9.17, 15) is 19.2 Å². The zero-order chi connectivity index (χ0) is 30.4. The van der Waals surface area contributed by atoms with Crippen molar-refractivity contribution in [2.45, 2.75) is 64.1 Å². The average molecular weight is 540 g/mol. The van der Waals surface area contributed by atoms with Crippen molar-refractivity contribution in [3.63, 3.8) is 0 Å². The van der Waals surface area contributed by atoms with Crippen LogP contribution in [0.15, 0.2) is 0 Å². The van der Waals surface area contributed by atoms with Crippen molar-refractivity contribution in [2.75, 3.05) is 13.2 Å². The third-order valence-corrected chi connectivity index (χ3v) is 2.33. The van der Waals surface area contributed by atoms with Crippen molar-refractivity contribution in [1.29, 1.82) is 0 Å². The van der Waals surface area contributed by atoms with Gasteiger partial charge in [-0.05, 0) is 13.8 Å². The summed E-state index contributed by atoms with van der Waals surface area (Å²) in [5.41, 5.74) is 0. The fourth-order valence-electron chi connectivity index (χ4n) is 0.832. The molecule has 0 fully saturated rings. The van der Waals surface area contributed by atoms with Crippen molar-refractivity contribution in [3.8, 4) is 0 Å². The summed E-state index contributed by atoms with van der Waals surface area (Å²) in [5, 5.41) is 97.0. The molecule has 0 aliphatic carbocycles. The Labute approximate surface area is 204 Å². The van der Waals surface area contributed by atoms with Gasteiger partial charge in [-0.15, -0.1) is 0 Å². The SMILES string of the molecule is CC(=O)O.CC(O)C(=O)O.CCO.O=C(O)CCC(=O)O.O=CO.O=C[C@H](O)[C@@H](O)[C@H](O)[C@H](O)CO. The number of hydrogen-bond acceptors (Lipinski definition) is 13. The second kappa shape index (κ2) is 33.9. The summed E-state index contributed by atoms with van der Waals surface area (Å²) in [5.74, 6) is -4.17. The molecule has 36 heavy (non-hydrogen) atoms. The molecule has 0 aromatic heterocycles. The number of carbonyl (C=O) groups excluding carboxylic acids is 1. The van der Waals surface area contributed by atoms with Crippen LogP contribution in [0.2, 0.25) is 0 Å². The van der Waals surface area contributed by atoms with Crippen LogP contribution in [0, 0.1) is 0 Å². The molecular formula is C18H36O18. The van der Waals surface area contributed by atoms with Crippen LogP contribution in [-0.4, -0.2) is 142 Å². The lowest BCUT2D eigenvalue weighted by molar-refractivity contribution is -0.145. The molecule has 0 aromatic rings. The van der Waals surface area contributed by atoms with Crippen LogP contribution >= 0.6 is 0 Å². The number of carbonyl (C=O) groups is 6. The second-order valence-corrected chi connectivity index (χ2v) is 5.60. The first kappa shape index (κ1) is 46.1. The molecule has 1 unspecified atom stereocenters. The van der Waals surface area contributed by atoms with E-state index in [0.717, 1.165) is 6.92 Å². The fourth-order valence-corrected chi connectivity index (χ4v) is 0.832. The lowest BCUT2D eigenvalue weighted by Crippen LogP contribution is -2.46. The predicted octanol–water partition coefficient (Wildman–Crippen LogP) is -4.20.